The fraction of sp³-hybridized carbons (Fsp3) is 0.400. The molecule has 2 heterocycles. The molecule has 0 amide bonds. The first-order chi connectivity index (χ1) is 9.86. The number of rotatable bonds is 5. The van der Waals surface area contributed by atoms with E-state index >= 15 is 0 Å². The Labute approximate surface area is 123 Å². The summed E-state index contributed by atoms with van der Waals surface area (Å²) in [5, 5.41) is 8.02. The van der Waals surface area contributed by atoms with Crippen LogP contribution in [0.3, 0.4) is 0 Å². The Morgan fingerprint density at radius 2 is 2.35 bits per heavy atom. The third kappa shape index (κ3) is 2.99. The maximum Gasteiger partial charge on any atom is 0.144 e. The van der Waals surface area contributed by atoms with Crippen molar-refractivity contribution in [2.75, 3.05) is 18.6 Å². The first-order valence-corrected chi connectivity index (χ1v) is 8.00. The van der Waals surface area contributed by atoms with Crippen LogP contribution < -0.4 is 10.1 Å². The Bertz CT molecular complexity index is 564. The molecule has 4 nitrogen and oxygen atoms in total. The van der Waals surface area contributed by atoms with Gasteiger partial charge in [-0.15, -0.1) is 0 Å². The maximum atomic E-state index is 5.37. The van der Waals surface area contributed by atoms with E-state index in [0.717, 1.165) is 18.0 Å². The molecule has 1 aliphatic rings. The highest BCUT2D eigenvalue weighted by Gasteiger charge is 2.14. The molecule has 1 aromatic carbocycles. The van der Waals surface area contributed by atoms with Gasteiger partial charge in [-0.05, 0) is 24.3 Å². The number of hydrogen-bond donors (Lipinski definition) is 1. The molecule has 3 rings (SSSR count). The van der Waals surface area contributed by atoms with Gasteiger partial charge in [0.05, 0.1) is 13.3 Å². The third-order valence-electron chi connectivity index (χ3n) is 3.49. The van der Waals surface area contributed by atoms with Crippen LogP contribution >= 0.6 is 11.8 Å². The second-order valence-corrected chi connectivity index (χ2v) is 6.06. The molecular formula is C15H19N3OS. The van der Waals surface area contributed by atoms with E-state index in [9.17, 15) is 0 Å². The first kappa shape index (κ1) is 13.5. The first-order valence-electron chi connectivity index (χ1n) is 6.85. The lowest BCUT2D eigenvalue weighted by atomic mass is 10.2. The summed E-state index contributed by atoms with van der Waals surface area (Å²) in [4.78, 5) is 0. The molecule has 2 aromatic rings. The highest BCUT2D eigenvalue weighted by Crippen LogP contribution is 2.22. The van der Waals surface area contributed by atoms with E-state index < -0.39 is 0 Å². The van der Waals surface area contributed by atoms with Crippen molar-refractivity contribution in [1.29, 1.82) is 0 Å². The standard InChI is InChI=1S/C15H19N3OS/c1-19-15-5-3-2-4-14(15)18-10-12(9-17-18)8-16-13-6-7-20-11-13/h2-5,9-10,13,16H,6-8,11H2,1H3/t13-/m1/s1. The zero-order valence-corrected chi connectivity index (χ0v) is 12.4. The molecule has 1 fully saturated rings. The summed E-state index contributed by atoms with van der Waals surface area (Å²) in [7, 11) is 1.68. The van der Waals surface area contributed by atoms with Crippen LogP contribution in [-0.2, 0) is 6.54 Å². The van der Waals surface area contributed by atoms with Crippen LogP contribution in [0, 0.1) is 0 Å². The minimum atomic E-state index is 0.648. The smallest absolute Gasteiger partial charge is 0.144 e. The minimum absolute atomic E-state index is 0.648. The topological polar surface area (TPSA) is 39.1 Å². The largest absolute Gasteiger partial charge is 0.494 e. The molecule has 106 valence electrons. The van der Waals surface area contributed by atoms with E-state index in [4.69, 9.17) is 4.74 Å². The van der Waals surface area contributed by atoms with Gasteiger partial charge in [-0.3, -0.25) is 0 Å². The number of nitrogens with one attached hydrogen (secondary N) is 1. The fourth-order valence-electron chi connectivity index (χ4n) is 2.36. The second-order valence-electron chi connectivity index (χ2n) is 4.91. The van der Waals surface area contributed by atoms with E-state index in [1.165, 1.54) is 23.5 Å². The van der Waals surface area contributed by atoms with Crippen molar-refractivity contribution < 1.29 is 4.74 Å². The second kappa shape index (κ2) is 6.33. The monoisotopic (exact) mass is 289 g/mol. The molecule has 0 spiro atoms. The summed E-state index contributed by atoms with van der Waals surface area (Å²) >= 11 is 2.02. The predicted octanol–water partition coefficient (Wildman–Crippen LogP) is 2.48. The Balaban J connectivity index is 1.69. The van der Waals surface area contributed by atoms with Gasteiger partial charge in [-0.2, -0.15) is 16.9 Å². The van der Waals surface area contributed by atoms with E-state index in [2.05, 4.69) is 16.6 Å². The fourth-order valence-corrected chi connectivity index (χ4v) is 3.55. The van der Waals surface area contributed by atoms with Crippen molar-refractivity contribution in [1.82, 2.24) is 15.1 Å². The van der Waals surface area contributed by atoms with Gasteiger partial charge in [0, 0.05) is 30.1 Å². The van der Waals surface area contributed by atoms with Crippen LogP contribution in [-0.4, -0.2) is 34.4 Å². The van der Waals surface area contributed by atoms with Gasteiger partial charge >= 0.3 is 0 Å². The molecule has 5 heteroatoms. The van der Waals surface area contributed by atoms with Crippen molar-refractivity contribution in [2.24, 2.45) is 0 Å². The highest BCUT2D eigenvalue weighted by molar-refractivity contribution is 7.99. The van der Waals surface area contributed by atoms with E-state index in [1.54, 1.807) is 7.11 Å². The molecule has 1 saturated heterocycles. The summed E-state index contributed by atoms with van der Waals surface area (Å²) in [5.74, 6) is 3.33. The van der Waals surface area contributed by atoms with Crippen molar-refractivity contribution in [3.63, 3.8) is 0 Å². The number of hydrogen-bond acceptors (Lipinski definition) is 4. The van der Waals surface area contributed by atoms with Gasteiger partial charge in [0.25, 0.3) is 0 Å². The highest BCUT2D eigenvalue weighted by atomic mass is 32.2. The lowest BCUT2D eigenvalue weighted by Gasteiger charge is -2.09. The van der Waals surface area contributed by atoms with E-state index in [1.807, 2.05) is 46.9 Å². The molecule has 0 unspecified atom stereocenters. The third-order valence-corrected chi connectivity index (χ3v) is 4.66. The Kier molecular flexibility index (Phi) is 4.28. The molecule has 0 bridgehead atoms. The summed E-state index contributed by atoms with van der Waals surface area (Å²) in [6, 6.07) is 8.57. The Morgan fingerprint density at radius 3 is 3.15 bits per heavy atom. The summed E-state index contributed by atoms with van der Waals surface area (Å²) in [5.41, 5.74) is 2.17. The van der Waals surface area contributed by atoms with Crippen LogP contribution in [0.1, 0.15) is 12.0 Å². The molecule has 1 atom stereocenters. The molecule has 20 heavy (non-hydrogen) atoms. The van der Waals surface area contributed by atoms with Gasteiger partial charge in [-0.1, -0.05) is 12.1 Å². The summed E-state index contributed by atoms with van der Waals surface area (Å²) < 4.78 is 7.25. The van der Waals surface area contributed by atoms with Gasteiger partial charge in [-0.25, -0.2) is 4.68 Å². The number of ether oxygens (including phenoxy) is 1. The molecule has 0 aliphatic carbocycles. The van der Waals surface area contributed by atoms with Crippen molar-refractivity contribution >= 4 is 11.8 Å². The van der Waals surface area contributed by atoms with Crippen molar-refractivity contribution in [2.45, 2.75) is 19.0 Å². The lowest BCUT2D eigenvalue weighted by molar-refractivity contribution is 0.411. The van der Waals surface area contributed by atoms with Crippen LogP contribution in [0.2, 0.25) is 0 Å². The molecule has 0 radical (unpaired) electrons. The van der Waals surface area contributed by atoms with Crippen LogP contribution in [0.5, 0.6) is 5.75 Å². The number of benzene rings is 1. The molecule has 1 N–H and O–H groups in total. The predicted molar refractivity (Wildman–Crippen MR) is 82.7 cm³/mol. The van der Waals surface area contributed by atoms with Crippen LogP contribution in [0.4, 0.5) is 0 Å². The summed E-state index contributed by atoms with van der Waals surface area (Å²) in [6.45, 7) is 0.875. The van der Waals surface area contributed by atoms with Crippen molar-refractivity contribution in [3.05, 3.63) is 42.2 Å². The minimum Gasteiger partial charge on any atom is -0.494 e. The number of para-hydroxylation sites is 2. The average Bonchev–Trinajstić information content (AvgIpc) is 3.16. The Morgan fingerprint density at radius 1 is 1.45 bits per heavy atom. The SMILES string of the molecule is COc1ccccc1-n1cc(CN[C@@H]2CCSC2)cn1. The number of nitrogens with zero attached hydrogens (tertiary/aromatic N) is 2. The molecular weight excluding hydrogens is 270 g/mol. The summed E-state index contributed by atoms with van der Waals surface area (Å²) in [6.07, 6.45) is 5.25. The van der Waals surface area contributed by atoms with Gasteiger partial charge < -0.3 is 10.1 Å². The number of aromatic nitrogens is 2. The zero-order valence-electron chi connectivity index (χ0n) is 11.6. The van der Waals surface area contributed by atoms with Gasteiger partial charge in [0.2, 0.25) is 0 Å². The Hall–Kier alpha value is -1.46. The average molecular weight is 289 g/mol. The quantitative estimate of drug-likeness (QED) is 0.918. The maximum absolute atomic E-state index is 5.37. The lowest BCUT2D eigenvalue weighted by Crippen LogP contribution is -2.27. The van der Waals surface area contributed by atoms with Crippen molar-refractivity contribution in [3.8, 4) is 11.4 Å². The molecule has 1 aromatic heterocycles. The zero-order chi connectivity index (χ0) is 13.8. The number of methoxy groups -OCH3 is 1. The number of thioether (sulfide) groups is 1. The van der Waals surface area contributed by atoms with E-state index in [-0.39, 0.29) is 0 Å². The van der Waals surface area contributed by atoms with Gasteiger partial charge in [0.15, 0.2) is 0 Å². The normalized spacial score (nSPS) is 18.4. The van der Waals surface area contributed by atoms with E-state index in [0.29, 0.717) is 6.04 Å². The van der Waals surface area contributed by atoms with Crippen LogP contribution in [0.25, 0.3) is 5.69 Å². The molecule has 0 saturated carbocycles. The van der Waals surface area contributed by atoms with Crippen LogP contribution in [0.15, 0.2) is 36.7 Å². The molecule has 1 aliphatic heterocycles. The van der Waals surface area contributed by atoms with Gasteiger partial charge in [0.1, 0.15) is 11.4 Å².